The molecule has 10 nitrogen and oxygen atoms in total. The molecule has 2 atom stereocenters. The van der Waals surface area contributed by atoms with Gasteiger partial charge in [-0.25, -0.2) is 0 Å². The molecular formula is C26H30N4O6. The minimum absolute atomic E-state index is 0.0234. The topological polar surface area (TPSA) is 134 Å². The molecule has 0 unspecified atom stereocenters. The molecule has 2 aromatic rings. The Morgan fingerprint density at radius 1 is 1.11 bits per heavy atom. The molecule has 0 saturated heterocycles. The molecule has 1 heterocycles. The molecule has 3 N–H and O–H groups in total. The van der Waals surface area contributed by atoms with Gasteiger partial charge in [-0.2, -0.15) is 0 Å². The Balaban J connectivity index is 1.89. The highest BCUT2D eigenvalue weighted by Gasteiger charge is 2.37. The minimum atomic E-state index is -0.970. The number of carbonyl (C=O) groups excluding carboxylic acids is 5. The standard InChI is InChI=1S/C26H30N4O6/c1-4-36-24(33)12-16(2)27-23(32)15-30-22(13-18-8-6-5-7-9-18)25(34)29-21-11-10-19(28-17(3)31)14-20(21)26(30)35/h5-11,14,16,22H,4,12-13,15H2,1-3H3,(H,27,32)(H,28,31)(H,29,34)/t16-,22+/m1/s1. The van der Waals surface area contributed by atoms with Gasteiger partial charge in [-0.05, 0) is 37.6 Å². The quantitative estimate of drug-likeness (QED) is 0.457. The van der Waals surface area contributed by atoms with Gasteiger partial charge in [0.25, 0.3) is 5.91 Å². The van der Waals surface area contributed by atoms with Gasteiger partial charge in [-0.1, -0.05) is 30.3 Å². The van der Waals surface area contributed by atoms with Gasteiger partial charge in [0.15, 0.2) is 0 Å². The fraction of sp³-hybridized carbons (Fsp3) is 0.346. The lowest BCUT2D eigenvalue weighted by Gasteiger charge is -2.29. The maximum absolute atomic E-state index is 13.7. The molecule has 0 spiro atoms. The molecule has 0 bridgehead atoms. The average Bonchev–Trinajstić information content (AvgIpc) is 2.90. The molecular weight excluding hydrogens is 464 g/mol. The number of rotatable bonds is 9. The zero-order chi connectivity index (χ0) is 26.2. The third-order valence-corrected chi connectivity index (χ3v) is 5.54. The van der Waals surface area contributed by atoms with Crippen LogP contribution in [0.15, 0.2) is 48.5 Å². The minimum Gasteiger partial charge on any atom is -0.466 e. The molecule has 190 valence electrons. The van der Waals surface area contributed by atoms with Crippen molar-refractivity contribution in [1.29, 1.82) is 0 Å². The highest BCUT2D eigenvalue weighted by molar-refractivity contribution is 6.11. The van der Waals surface area contributed by atoms with Gasteiger partial charge in [0.2, 0.25) is 17.7 Å². The van der Waals surface area contributed by atoms with Gasteiger partial charge in [0.05, 0.1) is 24.3 Å². The van der Waals surface area contributed by atoms with E-state index >= 15 is 0 Å². The number of amides is 4. The Bertz CT molecular complexity index is 1150. The summed E-state index contributed by atoms with van der Waals surface area (Å²) in [6.45, 7) is 4.53. The molecule has 0 radical (unpaired) electrons. The Morgan fingerprint density at radius 3 is 2.50 bits per heavy atom. The van der Waals surface area contributed by atoms with E-state index in [9.17, 15) is 24.0 Å². The van der Waals surface area contributed by atoms with Crippen molar-refractivity contribution in [3.63, 3.8) is 0 Å². The maximum Gasteiger partial charge on any atom is 0.307 e. The van der Waals surface area contributed by atoms with Crippen LogP contribution in [0.5, 0.6) is 0 Å². The molecule has 1 aliphatic rings. The number of carbonyl (C=O) groups is 5. The first-order chi connectivity index (χ1) is 17.2. The van der Waals surface area contributed by atoms with Gasteiger partial charge >= 0.3 is 5.97 Å². The lowest BCUT2D eigenvalue weighted by atomic mass is 10.0. The molecule has 2 aromatic carbocycles. The van der Waals surface area contributed by atoms with E-state index in [1.807, 2.05) is 30.3 Å². The van der Waals surface area contributed by atoms with E-state index in [2.05, 4.69) is 16.0 Å². The van der Waals surface area contributed by atoms with E-state index in [-0.39, 0.29) is 36.6 Å². The van der Waals surface area contributed by atoms with Gasteiger partial charge in [0, 0.05) is 25.1 Å². The molecule has 0 aliphatic carbocycles. The molecule has 36 heavy (non-hydrogen) atoms. The highest BCUT2D eigenvalue weighted by Crippen LogP contribution is 2.27. The second kappa shape index (κ2) is 12.0. The number of hydrogen-bond acceptors (Lipinski definition) is 6. The van der Waals surface area contributed by atoms with Crippen molar-refractivity contribution >= 4 is 41.0 Å². The summed E-state index contributed by atoms with van der Waals surface area (Å²) in [6, 6.07) is 12.3. The normalized spacial score (nSPS) is 15.8. The Kier molecular flexibility index (Phi) is 8.77. The van der Waals surface area contributed by atoms with Crippen molar-refractivity contribution in [3.05, 3.63) is 59.7 Å². The van der Waals surface area contributed by atoms with Crippen molar-refractivity contribution < 1.29 is 28.7 Å². The Labute approximate surface area is 209 Å². The fourth-order valence-electron chi connectivity index (χ4n) is 3.98. The third kappa shape index (κ3) is 6.91. The highest BCUT2D eigenvalue weighted by atomic mass is 16.5. The second-order valence-corrected chi connectivity index (χ2v) is 8.55. The predicted molar refractivity (Wildman–Crippen MR) is 133 cm³/mol. The van der Waals surface area contributed by atoms with Gasteiger partial charge in [-0.3, -0.25) is 24.0 Å². The Hall–Kier alpha value is -4.21. The molecule has 1 aliphatic heterocycles. The smallest absolute Gasteiger partial charge is 0.307 e. The van der Waals surface area contributed by atoms with Crippen LogP contribution in [0.1, 0.15) is 43.1 Å². The molecule has 0 saturated carbocycles. The van der Waals surface area contributed by atoms with Crippen LogP contribution < -0.4 is 16.0 Å². The number of anilines is 2. The number of nitrogens with one attached hydrogen (secondary N) is 3. The first kappa shape index (κ1) is 26.4. The van der Waals surface area contributed by atoms with Crippen molar-refractivity contribution in [3.8, 4) is 0 Å². The summed E-state index contributed by atoms with van der Waals surface area (Å²) < 4.78 is 4.92. The van der Waals surface area contributed by atoms with Crippen LogP contribution >= 0.6 is 0 Å². The summed E-state index contributed by atoms with van der Waals surface area (Å²) in [4.78, 5) is 64.3. The van der Waals surface area contributed by atoms with Crippen molar-refractivity contribution in [1.82, 2.24) is 10.2 Å². The van der Waals surface area contributed by atoms with Crippen LogP contribution in [0.4, 0.5) is 11.4 Å². The monoisotopic (exact) mass is 494 g/mol. The fourth-order valence-corrected chi connectivity index (χ4v) is 3.98. The van der Waals surface area contributed by atoms with Crippen LogP contribution in [-0.4, -0.2) is 59.7 Å². The first-order valence-electron chi connectivity index (χ1n) is 11.7. The van der Waals surface area contributed by atoms with Crippen molar-refractivity contribution in [2.24, 2.45) is 0 Å². The number of benzene rings is 2. The van der Waals surface area contributed by atoms with Gasteiger partial charge < -0.3 is 25.6 Å². The zero-order valence-corrected chi connectivity index (χ0v) is 20.5. The predicted octanol–water partition coefficient (Wildman–Crippen LogP) is 2.11. The lowest BCUT2D eigenvalue weighted by molar-refractivity contribution is -0.143. The molecule has 4 amide bonds. The van der Waals surface area contributed by atoms with Gasteiger partial charge in [0.1, 0.15) is 12.6 Å². The molecule has 10 heteroatoms. The number of esters is 1. The van der Waals surface area contributed by atoms with Crippen LogP contribution in [0.3, 0.4) is 0 Å². The summed E-state index contributed by atoms with van der Waals surface area (Å²) in [5.41, 5.74) is 1.64. The lowest BCUT2D eigenvalue weighted by Crippen LogP contribution is -2.51. The zero-order valence-electron chi connectivity index (χ0n) is 20.5. The average molecular weight is 495 g/mol. The number of hydrogen-bond donors (Lipinski definition) is 3. The summed E-state index contributed by atoms with van der Waals surface area (Å²) in [5, 5.41) is 8.10. The first-order valence-corrected chi connectivity index (χ1v) is 11.7. The summed E-state index contributed by atoms with van der Waals surface area (Å²) in [5.74, 6) is -2.26. The number of ether oxygens (including phenoxy) is 1. The van der Waals surface area contributed by atoms with E-state index in [1.165, 1.54) is 17.9 Å². The molecule has 0 aromatic heterocycles. The summed E-state index contributed by atoms with van der Waals surface area (Å²) >= 11 is 0. The maximum atomic E-state index is 13.7. The van der Waals surface area contributed by atoms with Crippen LogP contribution in [0.2, 0.25) is 0 Å². The molecule has 0 fully saturated rings. The van der Waals surface area contributed by atoms with E-state index in [0.29, 0.717) is 5.69 Å². The molecule has 3 rings (SSSR count). The van der Waals surface area contributed by atoms with Crippen molar-refractivity contribution in [2.45, 2.75) is 45.7 Å². The third-order valence-electron chi connectivity index (χ3n) is 5.54. The number of nitrogens with zero attached hydrogens (tertiary/aromatic N) is 1. The van der Waals surface area contributed by atoms with Gasteiger partial charge in [-0.15, -0.1) is 0 Å². The van der Waals surface area contributed by atoms with Crippen molar-refractivity contribution in [2.75, 3.05) is 23.8 Å². The summed E-state index contributed by atoms with van der Waals surface area (Å²) in [7, 11) is 0. The van der Waals surface area contributed by atoms with E-state index in [4.69, 9.17) is 4.74 Å². The Morgan fingerprint density at radius 2 is 1.83 bits per heavy atom. The van der Waals surface area contributed by atoms with E-state index in [0.717, 1.165) is 5.56 Å². The number of fused-ring (bicyclic) bond motifs is 1. The largest absolute Gasteiger partial charge is 0.466 e. The van der Waals surface area contributed by atoms with Crippen LogP contribution in [0.25, 0.3) is 0 Å². The van der Waals surface area contributed by atoms with Crippen LogP contribution in [0, 0.1) is 0 Å². The van der Waals surface area contributed by atoms with E-state index in [1.54, 1.807) is 26.0 Å². The second-order valence-electron chi connectivity index (χ2n) is 8.55. The van der Waals surface area contributed by atoms with Crippen LogP contribution in [-0.2, 0) is 30.3 Å². The SMILES string of the molecule is CCOC(=O)C[C@@H](C)NC(=O)CN1C(=O)c2cc(NC(C)=O)ccc2NC(=O)[C@@H]1Cc1ccccc1. The van der Waals surface area contributed by atoms with E-state index < -0.39 is 42.3 Å². The summed E-state index contributed by atoms with van der Waals surface area (Å²) in [6.07, 6.45) is 0.168.